The molecule has 2 saturated heterocycles. The molecule has 0 radical (unpaired) electrons. The van der Waals surface area contributed by atoms with E-state index in [0.29, 0.717) is 6.54 Å². The first-order valence-electron chi connectivity index (χ1n) is 8.73. The summed E-state index contributed by atoms with van der Waals surface area (Å²) in [5.74, 6) is -1.97. The first-order valence-corrected chi connectivity index (χ1v) is 8.73. The number of rotatable bonds is 2. The van der Waals surface area contributed by atoms with Gasteiger partial charge >= 0.3 is 0 Å². The second-order valence-corrected chi connectivity index (χ2v) is 6.88. The fraction of sp³-hybridized carbons (Fsp3) is 0.588. The van der Waals surface area contributed by atoms with Gasteiger partial charge in [0, 0.05) is 51.4 Å². The zero-order chi connectivity index (χ0) is 17.4. The summed E-state index contributed by atoms with van der Waals surface area (Å²) < 4.78 is 28.4. The molecule has 0 saturated carbocycles. The predicted octanol–water partition coefficient (Wildman–Crippen LogP) is 2.20. The Labute approximate surface area is 144 Å². The lowest BCUT2D eigenvalue weighted by molar-refractivity contribution is -0.141. The number of hydrogen-bond donors (Lipinski definition) is 0. The zero-order valence-electron chi connectivity index (χ0n) is 13.9. The van der Waals surface area contributed by atoms with Crippen LogP contribution in [0.2, 0.25) is 0 Å². The van der Waals surface area contributed by atoms with Gasteiger partial charge in [-0.25, -0.2) is 18.3 Å². The van der Waals surface area contributed by atoms with Crippen LogP contribution in [0.1, 0.15) is 25.7 Å². The Kier molecular flexibility index (Phi) is 4.05. The van der Waals surface area contributed by atoms with Crippen LogP contribution in [-0.4, -0.2) is 57.5 Å². The van der Waals surface area contributed by atoms with Crippen molar-refractivity contribution in [3.63, 3.8) is 0 Å². The maximum Gasteiger partial charge on any atom is 0.251 e. The first-order chi connectivity index (χ1) is 12.0. The number of piperidine rings is 2. The number of aromatic nitrogens is 3. The maximum absolute atomic E-state index is 13.3. The Balaban J connectivity index is 1.48. The van der Waals surface area contributed by atoms with Crippen molar-refractivity contribution in [1.29, 1.82) is 0 Å². The van der Waals surface area contributed by atoms with E-state index in [1.54, 1.807) is 28.0 Å². The largest absolute Gasteiger partial charge is 0.354 e. The van der Waals surface area contributed by atoms with E-state index in [4.69, 9.17) is 0 Å². The van der Waals surface area contributed by atoms with E-state index >= 15 is 0 Å². The Morgan fingerprint density at radius 1 is 1.20 bits per heavy atom. The molecule has 1 unspecified atom stereocenters. The molecule has 6 nitrogen and oxygen atoms in total. The van der Waals surface area contributed by atoms with Crippen molar-refractivity contribution in [1.82, 2.24) is 19.5 Å². The molecule has 2 fully saturated rings. The van der Waals surface area contributed by atoms with Crippen LogP contribution in [0.15, 0.2) is 24.7 Å². The third-order valence-electron chi connectivity index (χ3n) is 5.18. The number of likely N-dealkylation sites (tertiary alicyclic amines) is 1. The third kappa shape index (κ3) is 3.17. The summed E-state index contributed by atoms with van der Waals surface area (Å²) in [6.45, 7) is 1.71. The van der Waals surface area contributed by atoms with Gasteiger partial charge < -0.3 is 9.80 Å². The van der Waals surface area contributed by atoms with Crippen LogP contribution in [0.4, 0.5) is 14.6 Å². The Morgan fingerprint density at radius 2 is 2.00 bits per heavy atom. The lowest BCUT2D eigenvalue weighted by Gasteiger charge is -2.38. The van der Waals surface area contributed by atoms with Crippen molar-refractivity contribution in [2.24, 2.45) is 5.92 Å². The fourth-order valence-corrected chi connectivity index (χ4v) is 3.77. The monoisotopic (exact) mass is 349 g/mol. The SMILES string of the molecule is O=C(C1CCCN(c2nccn3nccc23)C1)N1CCC(F)(F)CC1. The highest BCUT2D eigenvalue weighted by atomic mass is 19.3. The normalized spacial score (nSPS) is 23.8. The number of nitrogens with zero attached hydrogens (tertiary/aromatic N) is 5. The minimum Gasteiger partial charge on any atom is -0.354 e. The summed E-state index contributed by atoms with van der Waals surface area (Å²) >= 11 is 0. The molecule has 2 aliphatic rings. The molecule has 134 valence electrons. The van der Waals surface area contributed by atoms with Crippen LogP contribution in [0.3, 0.4) is 0 Å². The third-order valence-corrected chi connectivity index (χ3v) is 5.18. The van der Waals surface area contributed by atoms with E-state index in [1.165, 1.54) is 0 Å². The average molecular weight is 349 g/mol. The van der Waals surface area contributed by atoms with Gasteiger partial charge in [0.15, 0.2) is 5.82 Å². The van der Waals surface area contributed by atoms with Crippen LogP contribution in [-0.2, 0) is 4.79 Å². The highest BCUT2D eigenvalue weighted by Gasteiger charge is 2.38. The highest BCUT2D eigenvalue weighted by molar-refractivity contribution is 5.80. The quantitative estimate of drug-likeness (QED) is 0.834. The van der Waals surface area contributed by atoms with Gasteiger partial charge in [-0.15, -0.1) is 0 Å². The summed E-state index contributed by atoms with van der Waals surface area (Å²) in [6.07, 6.45) is 6.44. The molecule has 25 heavy (non-hydrogen) atoms. The van der Waals surface area contributed by atoms with Crippen molar-refractivity contribution in [3.05, 3.63) is 24.7 Å². The summed E-state index contributed by atoms with van der Waals surface area (Å²) in [6, 6.07) is 1.90. The number of halogens is 2. The molecular weight excluding hydrogens is 328 g/mol. The highest BCUT2D eigenvalue weighted by Crippen LogP contribution is 2.30. The fourth-order valence-electron chi connectivity index (χ4n) is 3.77. The van der Waals surface area contributed by atoms with E-state index < -0.39 is 5.92 Å². The van der Waals surface area contributed by atoms with Gasteiger partial charge in [0.25, 0.3) is 5.92 Å². The standard InChI is InChI=1S/C17H21F2N5O/c18-17(19)4-9-22(10-5-17)16(25)13-2-1-8-23(12-13)15-14-3-6-21-24(14)11-7-20-15/h3,6-7,11,13H,1-2,4-5,8-10,12H2. The van der Waals surface area contributed by atoms with Crippen LogP contribution < -0.4 is 4.90 Å². The lowest BCUT2D eigenvalue weighted by atomic mass is 9.95. The van der Waals surface area contributed by atoms with Crippen LogP contribution in [0.5, 0.6) is 0 Å². The summed E-state index contributed by atoms with van der Waals surface area (Å²) in [5.41, 5.74) is 0.910. The Hall–Kier alpha value is -2.25. The van der Waals surface area contributed by atoms with E-state index in [2.05, 4.69) is 15.0 Å². The molecule has 1 atom stereocenters. The summed E-state index contributed by atoms with van der Waals surface area (Å²) in [7, 11) is 0. The molecule has 4 heterocycles. The minimum absolute atomic E-state index is 0.000610. The van der Waals surface area contributed by atoms with Gasteiger partial charge in [0.1, 0.15) is 5.52 Å². The molecule has 8 heteroatoms. The Bertz CT molecular complexity index is 767. The van der Waals surface area contributed by atoms with Crippen LogP contribution in [0.25, 0.3) is 5.52 Å². The molecule has 2 aromatic heterocycles. The number of carbonyl (C=O) groups excluding carboxylic acids is 1. The van der Waals surface area contributed by atoms with Crippen molar-refractivity contribution in [3.8, 4) is 0 Å². The van der Waals surface area contributed by atoms with Crippen LogP contribution in [0, 0.1) is 5.92 Å². The van der Waals surface area contributed by atoms with Crippen molar-refractivity contribution >= 4 is 17.2 Å². The Morgan fingerprint density at radius 3 is 2.80 bits per heavy atom. The van der Waals surface area contributed by atoms with Gasteiger partial charge in [0.2, 0.25) is 5.91 Å². The van der Waals surface area contributed by atoms with Gasteiger partial charge in [-0.2, -0.15) is 5.10 Å². The molecule has 0 N–H and O–H groups in total. The molecular formula is C17H21F2N5O. The number of hydrogen-bond acceptors (Lipinski definition) is 4. The predicted molar refractivity (Wildman–Crippen MR) is 88.7 cm³/mol. The minimum atomic E-state index is -2.63. The van der Waals surface area contributed by atoms with Gasteiger partial charge in [-0.3, -0.25) is 4.79 Å². The van der Waals surface area contributed by atoms with E-state index in [1.807, 2.05) is 6.07 Å². The van der Waals surface area contributed by atoms with E-state index in [-0.39, 0.29) is 37.8 Å². The van der Waals surface area contributed by atoms with E-state index in [9.17, 15) is 13.6 Å². The topological polar surface area (TPSA) is 53.7 Å². The van der Waals surface area contributed by atoms with Crippen LogP contribution >= 0.6 is 0 Å². The molecule has 0 aromatic carbocycles. The number of anilines is 1. The van der Waals surface area contributed by atoms with E-state index in [0.717, 1.165) is 30.7 Å². The first kappa shape index (κ1) is 16.2. The van der Waals surface area contributed by atoms with Gasteiger partial charge in [-0.1, -0.05) is 0 Å². The molecule has 2 aromatic rings. The van der Waals surface area contributed by atoms with Gasteiger partial charge in [-0.05, 0) is 18.9 Å². The molecule has 0 bridgehead atoms. The smallest absolute Gasteiger partial charge is 0.251 e. The van der Waals surface area contributed by atoms with Crippen molar-refractivity contribution in [2.75, 3.05) is 31.1 Å². The molecule has 1 amide bonds. The van der Waals surface area contributed by atoms with Crippen molar-refractivity contribution < 1.29 is 13.6 Å². The van der Waals surface area contributed by atoms with Crippen molar-refractivity contribution in [2.45, 2.75) is 31.6 Å². The molecule has 0 spiro atoms. The second kappa shape index (κ2) is 6.24. The lowest BCUT2D eigenvalue weighted by Crippen LogP contribution is -2.49. The molecule has 4 rings (SSSR count). The average Bonchev–Trinajstić information content (AvgIpc) is 3.10. The maximum atomic E-state index is 13.3. The molecule has 0 aliphatic carbocycles. The summed E-state index contributed by atoms with van der Waals surface area (Å²) in [4.78, 5) is 21.0. The second-order valence-electron chi connectivity index (χ2n) is 6.88. The number of amides is 1. The molecule has 2 aliphatic heterocycles. The number of alkyl halides is 2. The van der Waals surface area contributed by atoms with Gasteiger partial charge in [0.05, 0.1) is 12.1 Å². The number of carbonyl (C=O) groups is 1. The summed E-state index contributed by atoms with van der Waals surface area (Å²) in [5, 5.41) is 4.22. The number of fused-ring (bicyclic) bond motifs is 1. The zero-order valence-corrected chi connectivity index (χ0v) is 13.9.